The first kappa shape index (κ1) is 14.9. The molecule has 2 rings (SSSR count). The van der Waals surface area contributed by atoms with E-state index < -0.39 is 46.6 Å². The first-order valence-electron chi connectivity index (χ1n) is 6.15. The highest BCUT2D eigenvalue weighted by atomic mass is 19.2. The number of carboxylic acid groups (broad SMARTS) is 1. The van der Waals surface area contributed by atoms with Gasteiger partial charge in [0.15, 0.2) is 11.6 Å². The summed E-state index contributed by atoms with van der Waals surface area (Å²) in [5.41, 5.74) is 4.01. The van der Waals surface area contributed by atoms with Gasteiger partial charge in [0.25, 0.3) is 5.91 Å². The summed E-state index contributed by atoms with van der Waals surface area (Å²) < 4.78 is 26.4. The zero-order valence-electron chi connectivity index (χ0n) is 10.8. The molecule has 8 heteroatoms. The number of nitrogens with two attached hydrogens (primary N) is 1. The second-order valence-electron chi connectivity index (χ2n) is 4.68. The Morgan fingerprint density at radius 3 is 2.29 bits per heavy atom. The summed E-state index contributed by atoms with van der Waals surface area (Å²) in [5.74, 6) is -5.84. The van der Waals surface area contributed by atoms with Crippen molar-refractivity contribution in [3.8, 4) is 0 Å². The van der Waals surface area contributed by atoms with E-state index in [1.807, 2.05) is 0 Å². The zero-order chi connectivity index (χ0) is 15.7. The van der Waals surface area contributed by atoms with Crippen LogP contribution in [-0.2, 0) is 4.79 Å². The molecule has 21 heavy (non-hydrogen) atoms. The van der Waals surface area contributed by atoms with Crippen molar-refractivity contribution in [3.63, 3.8) is 0 Å². The third-order valence-electron chi connectivity index (χ3n) is 3.36. The molecular formula is C13H12F2N2O4. The number of benzene rings is 1. The molecule has 1 atom stereocenters. The lowest BCUT2D eigenvalue weighted by molar-refractivity contribution is -0.121. The first-order valence-corrected chi connectivity index (χ1v) is 6.15. The maximum atomic E-state index is 13.3. The molecular weight excluding hydrogens is 286 g/mol. The van der Waals surface area contributed by atoms with E-state index in [2.05, 4.69) is 0 Å². The fourth-order valence-corrected chi connectivity index (χ4v) is 2.36. The SMILES string of the molecule is NC(=O)C1CCCN1C(=O)c1cc(F)c(F)cc1C(=O)O. The number of primary amides is 1. The van der Waals surface area contributed by atoms with Crippen LogP contribution in [0.1, 0.15) is 33.6 Å². The molecule has 0 aromatic heterocycles. The Labute approximate surface area is 118 Å². The minimum absolute atomic E-state index is 0.199. The summed E-state index contributed by atoms with van der Waals surface area (Å²) in [7, 11) is 0. The molecule has 1 aliphatic heterocycles. The largest absolute Gasteiger partial charge is 0.478 e. The van der Waals surface area contributed by atoms with Crippen LogP contribution in [0, 0.1) is 11.6 Å². The fraction of sp³-hybridized carbons (Fsp3) is 0.308. The predicted molar refractivity (Wildman–Crippen MR) is 66.6 cm³/mol. The van der Waals surface area contributed by atoms with E-state index in [4.69, 9.17) is 10.8 Å². The highest BCUT2D eigenvalue weighted by Crippen LogP contribution is 2.23. The molecule has 6 nitrogen and oxygen atoms in total. The lowest BCUT2D eigenvalue weighted by Crippen LogP contribution is -2.44. The Bertz CT molecular complexity index is 633. The lowest BCUT2D eigenvalue weighted by Gasteiger charge is -2.23. The van der Waals surface area contributed by atoms with Gasteiger partial charge in [-0.25, -0.2) is 13.6 Å². The van der Waals surface area contributed by atoms with Crippen LogP contribution in [0.5, 0.6) is 0 Å². The van der Waals surface area contributed by atoms with E-state index in [1.54, 1.807) is 0 Å². The first-order chi connectivity index (χ1) is 9.82. The summed E-state index contributed by atoms with van der Waals surface area (Å²) >= 11 is 0. The summed E-state index contributed by atoms with van der Waals surface area (Å²) in [6.07, 6.45) is 0.874. The van der Waals surface area contributed by atoms with E-state index >= 15 is 0 Å². The van der Waals surface area contributed by atoms with Crippen LogP contribution in [0.4, 0.5) is 8.78 Å². The molecule has 1 saturated heterocycles. The van der Waals surface area contributed by atoms with Crippen LogP contribution >= 0.6 is 0 Å². The fourth-order valence-electron chi connectivity index (χ4n) is 2.36. The van der Waals surface area contributed by atoms with Crippen molar-refractivity contribution in [3.05, 3.63) is 34.9 Å². The number of likely N-dealkylation sites (tertiary alicyclic amines) is 1. The van der Waals surface area contributed by atoms with Gasteiger partial charge >= 0.3 is 5.97 Å². The lowest BCUT2D eigenvalue weighted by atomic mass is 10.0. The third kappa shape index (κ3) is 2.69. The summed E-state index contributed by atoms with van der Waals surface area (Å²) in [4.78, 5) is 35.7. The maximum absolute atomic E-state index is 13.3. The highest BCUT2D eigenvalue weighted by molar-refractivity contribution is 6.06. The second kappa shape index (κ2) is 5.47. The number of amides is 2. The molecule has 0 bridgehead atoms. The number of nitrogens with zero attached hydrogens (tertiary/aromatic N) is 1. The van der Waals surface area contributed by atoms with Gasteiger partial charge in [0.1, 0.15) is 6.04 Å². The minimum atomic E-state index is -1.56. The Hall–Kier alpha value is -2.51. The van der Waals surface area contributed by atoms with Crippen LogP contribution in [0.25, 0.3) is 0 Å². The normalized spacial score (nSPS) is 17.8. The van der Waals surface area contributed by atoms with Gasteiger partial charge in [0, 0.05) is 6.54 Å². The van der Waals surface area contributed by atoms with Crippen LogP contribution in [0.3, 0.4) is 0 Å². The molecule has 1 fully saturated rings. The highest BCUT2D eigenvalue weighted by Gasteiger charge is 2.35. The van der Waals surface area contributed by atoms with E-state index in [1.165, 1.54) is 0 Å². The van der Waals surface area contributed by atoms with E-state index in [-0.39, 0.29) is 6.54 Å². The van der Waals surface area contributed by atoms with Crippen LogP contribution in [0.15, 0.2) is 12.1 Å². The Kier molecular flexibility index (Phi) is 3.88. The van der Waals surface area contributed by atoms with Gasteiger partial charge < -0.3 is 15.7 Å². The average Bonchev–Trinajstić information content (AvgIpc) is 2.89. The number of carboxylic acids is 1. The minimum Gasteiger partial charge on any atom is -0.478 e. The second-order valence-corrected chi connectivity index (χ2v) is 4.68. The molecule has 1 aromatic carbocycles. The van der Waals surface area contributed by atoms with Gasteiger partial charge in [-0.05, 0) is 25.0 Å². The van der Waals surface area contributed by atoms with Crippen molar-refractivity contribution in [2.45, 2.75) is 18.9 Å². The maximum Gasteiger partial charge on any atom is 0.336 e. The predicted octanol–water partition coefficient (Wildman–Crippen LogP) is 0.753. The Morgan fingerprint density at radius 2 is 1.76 bits per heavy atom. The van der Waals surface area contributed by atoms with Crippen molar-refractivity contribution in [1.29, 1.82) is 0 Å². The van der Waals surface area contributed by atoms with E-state index in [0.717, 1.165) is 4.90 Å². The molecule has 0 radical (unpaired) electrons. The van der Waals surface area contributed by atoms with Gasteiger partial charge in [-0.3, -0.25) is 9.59 Å². The molecule has 2 amide bonds. The molecule has 0 aliphatic carbocycles. The molecule has 0 saturated carbocycles. The number of hydrogen-bond acceptors (Lipinski definition) is 3. The topological polar surface area (TPSA) is 101 Å². The van der Waals surface area contributed by atoms with Gasteiger partial charge in [0.2, 0.25) is 5.91 Å². The quantitative estimate of drug-likeness (QED) is 0.860. The van der Waals surface area contributed by atoms with Crippen molar-refractivity contribution >= 4 is 17.8 Å². The number of carbonyl (C=O) groups is 3. The molecule has 1 aliphatic rings. The molecule has 1 heterocycles. The standard InChI is InChI=1S/C13H12F2N2O4/c14-8-4-6(7(13(20)21)5-9(8)15)12(19)17-3-1-2-10(17)11(16)18/h4-5,10H,1-3H2,(H2,16,18)(H,20,21). The molecule has 3 N–H and O–H groups in total. The molecule has 112 valence electrons. The number of halogens is 2. The summed E-state index contributed by atoms with van der Waals surface area (Å²) in [6.45, 7) is 0.199. The van der Waals surface area contributed by atoms with Crippen molar-refractivity contribution < 1.29 is 28.3 Å². The van der Waals surface area contributed by atoms with Crippen LogP contribution in [0.2, 0.25) is 0 Å². The monoisotopic (exact) mass is 298 g/mol. The van der Waals surface area contributed by atoms with Crippen molar-refractivity contribution in [2.75, 3.05) is 6.54 Å². The zero-order valence-corrected chi connectivity index (χ0v) is 10.8. The van der Waals surface area contributed by atoms with Crippen molar-refractivity contribution in [2.24, 2.45) is 5.73 Å². The van der Waals surface area contributed by atoms with Crippen LogP contribution in [-0.4, -0.2) is 40.4 Å². The summed E-state index contributed by atoms with van der Waals surface area (Å²) in [5, 5.41) is 9.00. The van der Waals surface area contributed by atoms with Crippen molar-refractivity contribution in [1.82, 2.24) is 4.90 Å². The third-order valence-corrected chi connectivity index (χ3v) is 3.36. The van der Waals surface area contributed by atoms with E-state index in [0.29, 0.717) is 25.0 Å². The Balaban J connectivity index is 2.45. The van der Waals surface area contributed by atoms with Crippen LogP contribution < -0.4 is 5.73 Å². The Morgan fingerprint density at radius 1 is 1.19 bits per heavy atom. The number of aromatic carboxylic acids is 1. The number of hydrogen-bond donors (Lipinski definition) is 2. The molecule has 0 spiro atoms. The number of carbonyl (C=O) groups excluding carboxylic acids is 2. The van der Waals surface area contributed by atoms with E-state index in [9.17, 15) is 23.2 Å². The summed E-state index contributed by atoms with van der Waals surface area (Å²) in [6, 6.07) is 0.102. The van der Waals surface area contributed by atoms with Gasteiger partial charge in [0.05, 0.1) is 11.1 Å². The van der Waals surface area contributed by atoms with Gasteiger partial charge in [-0.15, -0.1) is 0 Å². The molecule has 1 unspecified atom stereocenters. The van der Waals surface area contributed by atoms with Gasteiger partial charge in [-0.2, -0.15) is 0 Å². The average molecular weight is 298 g/mol. The molecule has 1 aromatic rings. The smallest absolute Gasteiger partial charge is 0.336 e. The van der Waals surface area contributed by atoms with Gasteiger partial charge in [-0.1, -0.05) is 0 Å². The number of rotatable bonds is 3.